The second kappa shape index (κ2) is 13.2. The smallest absolute Gasteiger partial charge is 0.364 e. The molecule has 25 heavy (non-hydrogen) atoms. The van der Waals surface area contributed by atoms with Crippen LogP contribution < -0.4 is 5.32 Å². The van der Waals surface area contributed by atoms with Crippen LogP contribution in [0.3, 0.4) is 0 Å². The van der Waals surface area contributed by atoms with Crippen molar-refractivity contribution in [3.8, 4) is 0 Å². The predicted molar refractivity (Wildman–Crippen MR) is 104 cm³/mol. The zero-order chi connectivity index (χ0) is 19.3. The summed E-state index contributed by atoms with van der Waals surface area (Å²) in [5.74, 6) is -0.878. The molecule has 0 aromatic carbocycles. The monoisotopic (exact) mass is 357 g/mol. The first-order valence-corrected chi connectivity index (χ1v) is 10.1. The Morgan fingerprint density at radius 3 is 1.76 bits per heavy atom. The van der Waals surface area contributed by atoms with E-state index in [2.05, 4.69) is 12.2 Å². The minimum atomic E-state index is -0.859. The first-order valence-electron chi connectivity index (χ1n) is 10.1. The summed E-state index contributed by atoms with van der Waals surface area (Å²) >= 11 is 0. The molecule has 0 aromatic heterocycles. The molecule has 0 saturated carbocycles. The van der Waals surface area contributed by atoms with E-state index in [-0.39, 0.29) is 11.9 Å². The van der Waals surface area contributed by atoms with Crippen molar-refractivity contribution in [3.05, 3.63) is 0 Å². The average molecular weight is 358 g/mol. The third kappa shape index (κ3) is 11.2. The van der Waals surface area contributed by atoms with E-state index >= 15 is 0 Å². The highest BCUT2D eigenvalue weighted by molar-refractivity contribution is 5.78. The number of rotatable bonds is 15. The molecule has 0 aliphatic carbocycles. The van der Waals surface area contributed by atoms with E-state index < -0.39 is 12.0 Å². The molecule has 2 atom stereocenters. The van der Waals surface area contributed by atoms with Gasteiger partial charge in [0.1, 0.15) is 0 Å². The lowest BCUT2D eigenvalue weighted by molar-refractivity contribution is -0.888. The molecule has 0 spiro atoms. The molecule has 0 fully saturated rings. The quantitative estimate of drug-likeness (QED) is 0.344. The Bertz CT molecular complexity index is 378. The van der Waals surface area contributed by atoms with E-state index in [1.165, 1.54) is 44.9 Å². The molecular weight excluding hydrogens is 316 g/mol. The number of carbonyl (C=O) groups is 2. The molecule has 0 saturated heterocycles. The van der Waals surface area contributed by atoms with Gasteiger partial charge in [-0.05, 0) is 12.8 Å². The number of hydrogen-bond acceptors (Lipinski definition) is 2. The van der Waals surface area contributed by atoms with Gasteiger partial charge in [-0.15, -0.1) is 0 Å². The molecule has 0 aliphatic rings. The number of aliphatic carboxylic acids is 1. The molecule has 148 valence electrons. The molecule has 0 unspecified atom stereocenters. The van der Waals surface area contributed by atoms with Crippen LogP contribution >= 0.6 is 0 Å². The molecule has 5 nitrogen and oxygen atoms in total. The van der Waals surface area contributed by atoms with Gasteiger partial charge >= 0.3 is 5.97 Å². The zero-order valence-corrected chi connectivity index (χ0v) is 17.1. The lowest BCUT2D eigenvalue weighted by atomic mass is 10.0. The number of carboxylic acids is 1. The van der Waals surface area contributed by atoms with Gasteiger partial charge in [0, 0.05) is 6.42 Å². The number of amides is 1. The summed E-state index contributed by atoms with van der Waals surface area (Å²) in [6, 6.07) is -0.958. The molecule has 0 heterocycles. The Labute approximate surface area is 154 Å². The van der Waals surface area contributed by atoms with Gasteiger partial charge in [0.15, 0.2) is 0 Å². The van der Waals surface area contributed by atoms with Gasteiger partial charge in [0.2, 0.25) is 11.9 Å². The van der Waals surface area contributed by atoms with Crippen LogP contribution in [0.25, 0.3) is 0 Å². The van der Waals surface area contributed by atoms with Gasteiger partial charge in [-0.2, -0.15) is 0 Å². The molecule has 2 N–H and O–H groups in total. The summed E-state index contributed by atoms with van der Waals surface area (Å²) in [6.07, 6.45) is 12.1. The van der Waals surface area contributed by atoms with Gasteiger partial charge in [0.05, 0.1) is 27.2 Å². The predicted octanol–water partition coefficient (Wildman–Crippen LogP) is 3.96. The van der Waals surface area contributed by atoms with Crippen molar-refractivity contribution < 1.29 is 19.2 Å². The Balaban J connectivity index is 4.04. The maximum Gasteiger partial charge on any atom is 0.364 e. The van der Waals surface area contributed by atoms with Crippen molar-refractivity contribution in [2.75, 3.05) is 21.1 Å². The summed E-state index contributed by atoms with van der Waals surface area (Å²) in [4.78, 5) is 23.8. The number of carbonyl (C=O) groups excluding carboxylic acids is 1. The van der Waals surface area contributed by atoms with Crippen LogP contribution in [-0.2, 0) is 9.59 Å². The molecule has 0 radical (unpaired) electrons. The first-order chi connectivity index (χ1) is 11.7. The SMILES string of the molecule is CCCCCCCCCCCC(=O)N[C@H](CC)[C@H](C(=O)O)[N+](C)(C)C. The molecule has 0 aromatic rings. The number of likely N-dealkylation sites (N-methyl/N-ethyl adjacent to an activating group) is 1. The fraction of sp³-hybridized carbons (Fsp3) is 0.900. The number of nitrogens with zero attached hydrogens (tertiary/aromatic N) is 1. The summed E-state index contributed by atoms with van der Waals surface area (Å²) in [5, 5.41) is 12.5. The third-order valence-corrected chi connectivity index (χ3v) is 4.76. The summed E-state index contributed by atoms with van der Waals surface area (Å²) in [5.41, 5.74) is 0. The Hall–Kier alpha value is -1.10. The second-order valence-electron chi connectivity index (χ2n) is 8.06. The van der Waals surface area contributed by atoms with E-state index in [0.29, 0.717) is 17.3 Å². The Kier molecular flexibility index (Phi) is 12.6. The van der Waals surface area contributed by atoms with Crippen molar-refractivity contribution >= 4 is 11.9 Å². The number of hydrogen-bond donors (Lipinski definition) is 2. The normalized spacial score (nSPS) is 14.1. The zero-order valence-electron chi connectivity index (χ0n) is 17.1. The topological polar surface area (TPSA) is 66.4 Å². The molecule has 0 rings (SSSR count). The fourth-order valence-electron chi connectivity index (χ4n) is 3.32. The van der Waals surface area contributed by atoms with E-state index in [0.717, 1.165) is 12.8 Å². The minimum Gasteiger partial charge on any atom is -0.477 e. The number of nitrogens with one attached hydrogen (secondary N) is 1. The molecule has 0 aliphatic heterocycles. The highest BCUT2D eigenvalue weighted by atomic mass is 16.4. The number of carboxylic acid groups (broad SMARTS) is 1. The second-order valence-corrected chi connectivity index (χ2v) is 8.06. The fourth-order valence-corrected chi connectivity index (χ4v) is 3.32. The van der Waals surface area contributed by atoms with Crippen LogP contribution in [0.1, 0.15) is 84.5 Å². The molecular formula is C20H41N2O3+. The maximum absolute atomic E-state index is 12.2. The van der Waals surface area contributed by atoms with Gasteiger partial charge in [0.25, 0.3) is 0 Å². The van der Waals surface area contributed by atoms with E-state index in [1.807, 2.05) is 28.1 Å². The summed E-state index contributed by atoms with van der Waals surface area (Å²) < 4.78 is 0.298. The van der Waals surface area contributed by atoms with Crippen LogP contribution in [0.4, 0.5) is 0 Å². The van der Waals surface area contributed by atoms with Crippen LogP contribution in [-0.4, -0.2) is 54.7 Å². The largest absolute Gasteiger partial charge is 0.477 e. The van der Waals surface area contributed by atoms with Crippen LogP contribution in [0.15, 0.2) is 0 Å². The van der Waals surface area contributed by atoms with Crippen molar-refractivity contribution in [2.45, 2.75) is 96.6 Å². The van der Waals surface area contributed by atoms with Gasteiger partial charge in [-0.3, -0.25) is 4.79 Å². The molecule has 0 bridgehead atoms. The van der Waals surface area contributed by atoms with Gasteiger partial charge in [-0.1, -0.05) is 65.2 Å². The van der Waals surface area contributed by atoms with Crippen molar-refractivity contribution in [2.24, 2.45) is 0 Å². The minimum absolute atomic E-state index is 0.0190. The average Bonchev–Trinajstić information content (AvgIpc) is 2.50. The number of unbranched alkanes of at least 4 members (excludes halogenated alkanes) is 8. The third-order valence-electron chi connectivity index (χ3n) is 4.76. The summed E-state index contributed by atoms with van der Waals surface area (Å²) in [7, 11) is 5.57. The summed E-state index contributed by atoms with van der Waals surface area (Å²) in [6.45, 7) is 4.16. The first kappa shape index (κ1) is 23.9. The van der Waals surface area contributed by atoms with E-state index in [4.69, 9.17) is 0 Å². The maximum atomic E-state index is 12.2. The lowest BCUT2D eigenvalue weighted by Crippen LogP contribution is -2.60. The van der Waals surface area contributed by atoms with Crippen LogP contribution in [0, 0.1) is 0 Å². The standard InChI is InChI=1S/C20H40N2O3/c1-6-8-9-10-11-12-13-14-15-16-18(23)21-17(7-2)19(20(24)25)22(3,4)5/h17,19H,6-16H2,1-5H3,(H-,21,23,24,25)/p+1/t17-,19-/m1/s1. The lowest BCUT2D eigenvalue weighted by Gasteiger charge is -2.36. The van der Waals surface area contributed by atoms with Crippen molar-refractivity contribution in [1.29, 1.82) is 0 Å². The van der Waals surface area contributed by atoms with Crippen molar-refractivity contribution in [1.82, 2.24) is 5.32 Å². The number of quaternary nitrogens is 1. The van der Waals surface area contributed by atoms with Crippen LogP contribution in [0.5, 0.6) is 0 Å². The Morgan fingerprint density at radius 1 is 0.880 bits per heavy atom. The van der Waals surface area contributed by atoms with Crippen LogP contribution in [0.2, 0.25) is 0 Å². The van der Waals surface area contributed by atoms with Crippen molar-refractivity contribution in [3.63, 3.8) is 0 Å². The highest BCUT2D eigenvalue weighted by Crippen LogP contribution is 2.13. The highest BCUT2D eigenvalue weighted by Gasteiger charge is 2.39. The molecule has 1 amide bonds. The van der Waals surface area contributed by atoms with E-state index in [9.17, 15) is 14.7 Å². The molecule has 5 heteroatoms. The van der Waals surface area contributed by atoms with Gasteiger partial charge in [-0.25, -0.2) is 4.79 Å². The Morgan fingerprint density at radius 2 is 1.36 bits per heavy atom. The van der Waals surface area contributed by atoms with E-state index in [1.54, 1.807) is 0 Å². The van der Waals surface area contributed by atoms with Gasteiger partial charge < -0.3 is 14.9 Å².